The Hall–Kier alpha value is -4.53. The summed E-state index contributed by atoms with van der Waals surface area (Å²) in [4.78, 5) is -3.33. The summed E-state index contributed by atoms with van der Waals surface area (Å²) < 4.78 is 110. The zero-order valence-corrected chi connectivity index (χ0v) is 28.9. The van der Waals surface area contributed by atoms with Gasteiger partial charge < -0.3 is 20.6 Å². The highest BCUT2D eigenvalue weighted by Crippen LogP contribution is 2.51. The smallest absolute Gasteiger partial charge is 0.296 e. The lowest BCUT2D eigenvalue weighted by molar-refractivity contribution is -0.432. The number of phenolic OH excluding ortho intramolecular Hbond substituents is 2. The molecule has 4 aromatic rings. The van der Waals surface area contributed by atoms with Gasteiger partial charge in [0.25, 0.3) is 30.4 Å². The fourth-order valence-electron chi connectivity index (χ4n) is 4.08. The summed E-state index contributed by atoms with van der Waals surface area (Å²) >= 11 is 0.275. The molecule has 0 bridgehead atoms. The maximum atomic E-state index is 12.4. The van der Waals surface area contributed by atoms with E-state index in [4.69, 9.17) is 10.5 Å². The summed E-state index contributed by atoms with van der Waals surface area (Å²) in [5.41, 5.74) is -2.66. The molecule has 9 N–H and O–H groups in total. The van der Waals surface area contributed by atoms with Crippen molar-refractivity contribution in [1.82, 2.24) is 0 Å². The van der Waals surface area contributed by atoms with Crippen molar-refractivity contribution in [3.63, 3.8) is 0 Å². The number of aromatic hydroxyl groups is 2. The molecular weight excluding hydrogens is 807 g/mol. The first-order chi connectivity index (χ1) is 24.3. The number of anilines is 1. The Balaban J connectivity index is 1.97. The number of aliphatic hydroxyl groups excluding tert-OH is 1. The highest BCUT2D eigenvalue weighted by molar-refractivity contribution is 7.95. The molecule has 0 saturated heterocycles. The van der Waals surface area contributed by atoms with E-state index in [1.165, 1.54) is 6.07 Å². The zero-order chi connectivity index (χ0) is 38.6. The number of fused-ring (bicyclic) bond motifs is 1. The topological polar surface area (TPSA) is 363 Å². The molecular formula is C24H19N5O18S5. The van der Waals surface area contributed by atoms with E-state index in [0.717, 1.165) is 36.4 Å². The molecule has 52 heavy (non-hydrogen) atoms. The minimum atomic E-state index is -5.27. The van der Waals surface area contributed by atoms with Crippen LogP contribution in [0.15, 0.2) is 106 Å². The van der Waals surface area contributed by atoms with Crippen LogP contribution in [0.25, 0.3) is 10.8 Å². The number of phenols is 2. The second-order valence-electron chi connectivity index (χ2n) is 9.40. The van der Waals surface area contributed by atoms with Gasteiger partial charge in [0.15, 0.2) is 17.4 Å². The third-order valence-electron chi connectivity index (χ3n) is 6.11. The number of azo groups is 2. The van der Waals surface area contributed by atoms with Gasteiger partial charge in [0.1, 0.15) is 32.5 Å². The van der Waals surface area contributed by atoms with Crippen molar-refractivity contribution in [3.05, 3.63) is 61.0 Å². The summed E-state index contributed by atoms with van der Waals surface area (Å²) in [7, 11) is -15.1. The van der Waals surface area contributed by atoms with Crippen LogP contribution in [0.1, 0.15) is 0 Å². The van der Waals surface area contributed by atoms with Crippen molar-refractivity contribution in [2.75, 3.05) is 5.32 Å². The van der Waals surface area contributed by atoms with Crippen LogP contribution in [0.5, 0.6) is 11.5 Å². The van der Waals surface area contributed by atoms with Crippen LogP contribution in [0.2, 0.25) is 0 Å². The Morgan fingerprint density at radius 3 is 1.81 bits per heavy atom. The van der Waals surface area contributed by atoms with Gasteiger partial charge >= 0.3 is 0 Å². The molecule has 0 spiro atoms. The molecule has 0 fully saturated rings. The van der Waals surface area contributed by atoms with E-state index in [1.54, 1.807) is 0 Å². The number of nitrogens with zero attached hydrogens (tertiary/aromatic N) is 4. The van der Waals surface area contributed by atoms with Crippen LogP contribution in [-0.2, 0) is 49.1 Å². The Labute approximate surface area is 298 Å². The highest BCUT2D eigenvalue weighted by atomic mass is 32.2. The van der Waals surface area contributed by atoms with Crippen molar-refractivity contribution in [2.45, 2.75) is 24.5 Å². The SMILES string of the molecule is C=C(O)Nc1ccc(/N=N/c2c(SOOO)cc3cc(S(=O)(=O)O)c(/N=N/c4ccc(S(=O)(=O)O)cc4SOOO)c(O)c3c2O)c(S(=O)(=O)O)c1. The monoisotopic (exact) mass is 825 g/mol. The molecule has 28 heteroatoms. The van der Waals surface area contributed by atoms with Gasteiger partial charge in [0, 0.05) is 5.69 Å². The average Bonchev–Trinajstić information content (AvgIpc) is 3.04. The Morgan fingerprint density at radius 1 is 0.673 bits per heavy atom. The fourth-order valence-corrected chi connectivity index (χ4v) is 6.93. The molecule has 4 rings (SSSR count). The minimum absolute atomic E-state index is 0.0621. The quantitative estimate of drug-likeness (QED) is 0.0163. The Bertz CT molecular complexity index is 2460. The minimum Gasteiger partial charge on any atom is -0.505 e. The second kappa shape index (κ2) is 16.0. The van der Waals surface area contributed by atoms with Crippen molar-refractivity contribution in [1.29, 1.82) is 0 Å². The molecule has 0 amide bonds. The molecule has 23 nitrogen and oxygen atoms in total. The average molecular weight is 826 g/mol. The van der Waals surface area contributed by atoms with E-state index in [0.29, 0.717) is 6.07 Å². The lowest BCUT2D eigenvalue weighted by atomic mass is 10.1. The molecule has 0 radical (unpaired) electrons. The number of rotatable bonds is 15. The summed E-state index contributed by atoms with van der Waals surface area (Å²) in [5.74, 6) is -2.80. The van der Waals surface area contributed by atoms with E-state index < -0.39 is 84.9 Å². The summed E-state index contributed by atoms with van der Waals surface area (Å²) in [6.07, 6.45) is 0. The molecule has 0 saturated carbocycles. The van der Waals surface area contributed by atoms with Gasteiger partial charge in [-0.2, -0.15) is 25.3 Å². The lowest BCUT2D eigenvalue weighted by Crippen LogP contribution is -2.01. The second-order valence-corrected chi connectivity index (χ2v) is 15.1. The summed E-state index contributed by atoms with van der Waals surface area (Å²) in [6, 6.07) is 7.24. The van der Waals surface area contributed by atoms with Crippen molar-refractivity contribution < 1.29 is 83.5 Å². The maximum absolute atomic E-state index is 12.4. The lowest BCUT2D eigenvalue weighted by Gasteiger charge is -2.13. The first-order valence-electron chi connectivity index (χ1n) is 12.8. The first-order valence-corrected chi connectivity index (χ1v) is 18.6. The van der Waals surface area contributed by atoms with E-state index >= 15 is 0 Å². The van der Waals surface area contributed by atoms with Crippen molar-refractivity contribution >= 4 is 93.6 Å². The van der Waals surface area contributed by atoms with Crippen molar-refractivity contribution in [2.24, 2.45) is 20.5 Å². The van der Waals surface area contributed by atoms with Gasteiger partial charge in [-0.3, -0.25) is 13.7 Å². The number of hydrogen-bond donors (Lipinski definition) is 9. The fraction of sp³-hybridized carbons (Fsp3) is 0. The molecule has 0 aliphatic carbocycles. The molecule has 0 aromatic heterocycles. The van der Waals surface area contributed by atoms with Crippen molar-refractivity contribution in [3.8, 4) is 11.5 Å². The number of nitrogens with one attached hydrogen (secondary N) is 1. The standard InChI is InChI=1S/C24H19N5O18S5/c1-10(30)25-12-2-4-15(18(8-12)51(38,39)40)27-28-21-17(49-47-45-34)6-11-7-19(52(41,42)43)22(24(32)20(11)23(21)31)29-26-14-5-3-13(50(35,36)37)9-16(14)48-46-44-33/h2-9,25,30-34H,1H2,(H,35,36,37)(H,38,39,40)(H,41,42,43)/b28-27+,29-26+. The largest absolute Gasteiger partial charge is 0.505 e. The Kier molecular flexibility index (Phi) is 12.4. The zero-order valence-electron chi connectivity index (χ0n) is 24.8. The van der Waals surface area contributed by atoms with Crippen LogP contribution >= 0.6 is 24.1 Å². The first kappa shape index (κ1) is 40.2. The van der Waals surface area contributed by atoms with Crippen LogP contribution in [0.4, 0.5) is 28.4 Å². The molecule has 0 unspecified atom stereocenters. The van der Waals surface area contributed by atoms with Gasteiger partial charge in [-0.1, -0.05) is 10.1 Å². The van der Waals surface area contributed by atoms with Crippen LogP contribution in [0, 0.1) is 0 Å². The third-order valence-corrected chi connectivity index (χ3v) is 9.96. The molecule has 4 aromatic carbocycles. The van der Waals surface area contributed by atoms with Gasteiger partial charge in [-0.25, -0.2) is 10.5 Å². The molecule has 0 atom stereocenters. The van der Waals surface area contributed by atoms with Crippen LogP contribution in [-0.4, -0.2) is 64.7 Å². The summed E-state index contributed by atoms with van der Waals surface area (Å²) in [5, 5.41) is 72.2. The highest BCUT2D eigenvalue weighted by Gasteiger charge is 2.27. The maximum Gasteiger partial charge on any atom is 0.296 e. The molecule has 0 aliphatic heterocycles. The Morgan fingerprint density at radius 2 is 1.23 bits per heavy atom. The summed E-state index contributed by atoms with van der Waals surface area (Å²) in [6.45, 7) is 3.19. The van der Waals surface area contributed by atoms with Gasteiger partial charge in [0.05, 0.1) is 44.2 Å². The van der Waals surface area contributed by atoms with Crippen LogP contribution < -0.4 is 5.32 Å². The van der Waals surface area contributed by atoms with Crippen LogP contribution in [0.3, 0.4) is 0 Å². The predicted molar refractivity (Wildman–Crippen MR) is 175 cm³/mol. The third kappa shape index (κ3) is 9.46. The van der Waals surface area contributed by atoms with Gasteiger partial charge in [-0.15, -0.1) is 29.1 Å². The van der Waals surface area contributed by atoms with Gasteiger partial charge in [0.2, 0.25) is 0 Å². The van der Waals surface area contributed by atoms with E-state index in [1.807, 2.05) is 0 Å². The predicted octanol–water partition coefficient (Wildman–Crippen LogP) is 6.12. The van der Waals surface area contributed by atoms with Gasteiger partial charge in [-0.05, 0) is 60.5 Å². The number of benzene rings is 4. The number of aliphatic hydroxyl groups is 1. The van der Waals surface area contributed by atoms with E-state index in [2.05, 4.69) is 51.1 Å². The number of hydrogen-bond acceptors (Lipinski definition) is 22. The molecule has 0 heterocycles. The van der Waals surface area contributed by atoms with E-state index in [-0.39, 0.29) is 50.6 Å². The molecule has 0 aliphatic rings. The normalized spacial score (nSPS) is 12.6. The van der Waals surface area contributed by atoms with E-state index in [9.17, 15) is 54.2 Å². The molecule has 278 valence electrons.